The van der Waals surface area contributed by atoms with Crippen molar-refractivity contribution in [2.24, 2.45) is 0 Å². The van der Waals surface area contributed by atoms with Gasteiger partial charge in [-0.15, -0.1) is 0 Å². The minimum Gasteiger partial charge on any atom is -0.377 e. The summed E-state index contributed by atoms with van der Waals surface area (Å²) in [4.78, 5) is 1.91. The Labute approximate surface area is 78.4 Å². The fraction of sp³-hybridized carbons (Fsp3) is 0.400. The molecule has 72 valence electrons. The summed E-state index contributed by atoms with van der Waals surface area (Å²) < 4.78 is 13.3. The van der Waals surface area contributed by atoms with Gasteiger partial charge < -0.3 is 10.2 Å². The maximum Gasteiger partial charge on any atom is 0.129 e. The molecule has 0 atom stereocenters. The van der Waals surface area contributed by atoms with Crippen molar-refractivity contribution in [3.05, 3.63) is 29.6 Å². The molecule has 2 nitrogen and oxygen atoms in total. The van der Waals surface area contributed by atoms with Crippen molar-refractivity contribution < 1.29 is 4.39 Å². The van der Waals surface area contributed by atoms with E-state index in [-0.39, 0.29) is 5.82 Å². The highest BCUT2D eigenvalue weighted by Gasteiger charge is 2.07. The van der Waals surface area contributed by atoms with Crippen LogP contribution in [-0.4, -0.2) is 21.1 Å². The monoisotopic (exact) mass is 182 g/mol. The normalized spacial score (nSPS) is 10.2. The van der Waals surface area contributed by atoms with Gasteiger partial charge in [0.05, 0.1) is 0 Å². The summed E-state index contributed by atoms with van der Waals surface area (Å²) in [7, 11) is 5.63. The highest BCUT2D eigenvalue weighted by Crippen LogP contribution is 2.20. The fourth-order valence-corrected chi connectivity index (χ4v) is 1.32. The Bertz CT molecular complexity index is 284. The molecule has 0 radical (unpaired) electrons. The van der Waals surface area contributed by atoms with Crippen LogP contribution in [0.1, 0.15) is 5.56 Å². The predicted octanol–water partition coefficient (Wildman–Crippen LogP) is 1.61. The van der Waals surface area contributed by atoms with Crippen LogP contribution in [0.4, 0.5) is 10.1 Å². The first-order valence-electron chi connectivity index (χ1n) is 4.26. The van der Waals surface area contributed by atoms with E-state index in [4.69, 9.17) is 0 Å². The Morgan fingerprint density at radius 3 is 2.62 bits per heavy atom. The molecule has 0 unspecified atom stereocenters. The summed E-state index contributed by atoms with van der Waals surface area (Å²) in [6, 6.07) is 5.12. The van der Waals surface area contributed by atoms with Gasteiger partial charge in [-0.05, 0) is 19.2 Å². The van der Waals surface area contributed by atoms with E-state index >= 15 is 0 Å². The van der Waals surface area contributed by atoms with Gasteiger partial charge in [0.2, 0.25) is 0 Å². The van der Waals surface area contributed by atoms with Gasteiger partial charge in [-0.3, -0.25) is 0 Å². The molecule has 0 spiro atoms. The molecule has 0 bridgehead atoms. The number of hydrogen-bond acceptors (Lipinski definition) is 2. The molecule has 1 aromatic rings. The van der Waals surface area contributed by atoms with E-state index in [0.29, 0.717) is 6.54 Å². The number of benzene rings is 1. The topological polar surface area (TPSA) is 15.3 Å². The van der Waals surface area contributed by atoms with Gasteiger partial charge in [0.25, 0.3) is 0 Å². The molecule has 1 N–H and O–H groups in total. The number of anilines is 1. The van der Waals surface area contributed by atoms with E-state index in [0.717, 1.165) is 11.3 Å². The smallest absolute Gasteiger partial charge is 0.129 e. The third-order valence-corrected chi connectivity index (χ3v) is 1.93. The first-order valence-corrected chi connectivity index (χ1v) is 4.26. The maximum atomic E-state index is 13.3. The molecule has 0 fully saturated rings. The lowest BCUT2D eigenvalue weighted by atomic mass is 10.1. The van der Waals surface area contributed by atoms with E-state index in [1.165, 1.54) is 6.07 Å². The van der Waals surface area contributed by atoms with Crippen LogP contribution >= 0.6 is 0 Å². The molecule has 0 aliphatic carbocycles. The minimum atomic E-state index is -0.152. The fourth-order valence-electron chi connectivity index (χ4n) is 1.32. The lowest BCUT2D eigenvalue weighted by molar-refractivity contribution is 0.600. The molecule has 0 aliphatic rings. The van der Waals surface area contributed by atoms with Gasteiger partial charge in [-0.2, -0.15) is 0 Å². The summed E-state index contributed by atoms with van der Waals surface area (Å²) in [5, 5.41) is 2.95. The Hall–Kier alpha value is -1.09. The van der Waals surface area contributed by atoms with Gasteiger partial charge in [0.15, 0.2) is 0 Å². The third kappa shape index (κ3) is 2.18. The lowest BCUT2D eigenvalue weighted by Crippen LogP contribution is -2.16. The molecular weight excluding hydrogens is 167 g/mol. The molecule has 1 rings (SSSR count). The van der Waals surface area contributed by atoms with Crippen molar-refractivity contribution in [3.63, 3.8) is 0 Å². The molecule has 0 heterocycles. The quantitative estimate of drug-likeness (QED) is 0.764. The first-order chi connectivity index (χ1) is 6.16. The average molecular weight is 182 g/mol. The van der Waals surface area contributed by atoms with E-state index < -0.39 is 0 Å². The van der Waals surface area contributed by atoms with Crippen molar-refractivity contribution >= 4 is 5.69 Å². The first kappa shape index (κ1) is 9.99. The minimum absolute atomic E-state index is 0.152. The van der Waals surface area contributed by atoms with Crippen LogP contribution in [0.15, 0.2) is 18.2 Å². The summed E-state index contributed by atoms with van der Waals surface area (Å²) in [6.45, 7) is 0.556. The van der Waals surface area contributed by atoms with Crippen molar-refractivity contribution in [3.8, 4) is 0 Å². The lowest BCUT2D eigenvalue weighted by Gasteiger charge is -2.17. The van der Waals surface area contributed by atoms with E-state index in [9.17, 15) is 4.39 Å². The van der Waals surface area contributed by atoms with Gasteiger partial charge >= 0.3 is 0 Å². The van der Waals surface area contributed by atoms with Crippen LogP contribution in [0.3, 0.4) is 0 Å². The van der Waals surface area contributed by atoms with Crippen LogP contribution < -0.4 is 10.2 Å². The van der Waals surface area contributed by atoms with Crippen LogP contribution in [0.2, 0.25) is 0 Å². The van der Waals surface area contributed by atoms with Crippen molar-refractivity contribution in [1.82, 2.24) is 5.32 Å². The van der Waals surface area contributed by atoms with Crippen molar-refractivity contribution in [2.45, 2.75) is 6.54 Å². The van der Waals surface area contributed by atoms with Crippen LogP contribution in [0.5, 0.6) is 0 Å². The number of halogens is 1. The van der Waals surface area contributed by atoms with E-state index in [1.807, 2.05) is 32.1 Å². The second-order valence-electron chi connectivity index (χ2n) is 3.16. The summed E-state index contributed by atoms with van der Waals surface area (Å²) in [5.74, 6) is -0.152. The SMILES string of the molecule is CNCc1c(F)cccc1N(C)C. The van der Waals surface area contributed by atoms with Crippen LogP contribution in [-0.2, 0) is 6.54 Å². The molecule has 0 aliphatic heterocycles. The third-order valence-electron chi connectivity index (χ3n) is 1.93. The molecule has 3 heteroatoms. The number of nitrogens with zero attached hydrogens (tertiary/aromatic N) is 1. The molecule has 0 saturated heterocycles. The predicted molar refractivity (Wildman–Crippen MR) is 53.5 cm³/mol. The van der Waals surface area contributed by atoms with Gasteiger partial charge in [0.1, 0.15) is 5.82 Å². The summed E-state index contributed by atoms with van der Waals surface area (Å²) in [6.07, 6.45) is 0. The second kappa shape index (κ2) is 4.23. The second-order valence-corrected chi connectivity index (χ2v) is 3.16. The standard InChI is InChI=1S/C10H15FN2/c1-12-7-8-9(11)5-4-6-10(8)13(2)3/h4-6,12H,7H2,1-3H3. The average Bonchev–Trinajstić information content (AvgIpc) is 2.08. The van der Waals surface area contributed by atoms with Crippen molar-refractivity contribution in [2.75, 3.05) is 26.0 Å². The van der Waals surface area contributed by atoms with Crippen molar-refractivity contribution in [1.29, 1.82) is 0 Å². The summed E-state index contributed by atoms with van der Waals surface area (Å²) in [5.41, 5.74) is 1.64. The summed E-state index contributed by atoms with van der Waals surface area (Å²) >= 11 is 0. The Kier molecular flexibility index (Phi) is 3.25. The largest absolute Gasteiger partial charge is 0.377 e. The molecule has 0 saturated carbocycles. The van der Waals surface area contributed by atoms with Crippen LogP contribution in [0, 0.1) is 5.82 Å². The number of nitrogens with one attached hydrogen (secondary N) is 1. The Balaban J connectivity index is 3.09. The zero-order valence-corrected chi connectivity index (χ0v) is 8.26. The molecule has 1 aromatic carbocycles. The Morgan fingerprint density at radius 2 is 2.08 bits per heavy atom. The molecule has 13 heavy (non-hydrogen) atoms. The Morgan fingerprint density at radius 1 is 1.38 bits per heavy atom. The van der Waals surface area contributed by atoms with Gasteiger partial charge in [-0.1, -0.05) is 6.07 Å². The zero-order chi connectivity index (χ0) is 9.84. The zero-order valence-electron chi connectivity index (χ0n) is 8.26. The van der Waals surface area contributed by atoms with E-state index in [1.54, 1.807) is 6.07 Å². The van der Waals surface area contributed by atoms with Gasteiger partial charge in [-0.25, -0.2) is 4.39 Å². The number of rotatable bonds is 3. The highest BCUT2D eigenvalue weighted by molar-refractivity contribution is 5.52. The molecule has 0 amide bonds. The van der Waals surface area contributed by atoms with Crippen LogP contribution in [0.25, 0.3) is 0 Å². The van der Waals surface area contributed by atoms with E-state index in [2.05, 4.69) is 5.32 Å². The van der Waals surface area contributed by atoms with Gasteiger partial charge in [0, 0.05) is 31.9 Å². The maximum absolute atomic E-state index is 13.3. The molecular formula is C10H15FN2. The number of hydrogen-bond donors (Lipinski definition) is 1. The molecule has 0 aromatic heterocycles. The highest BCUT2D eigenvalue weighted by atomic mass is 19.1.